The first-order valence-electron chi connectivity index (χ1n) is 5.13. The van der Waals surface area contributed by atoms with Crippen LogP contribution in [0.15, 0.2) is 6.33 Å². The average Bonchev–Trinajstić information content (AvgIpc) is 2.66. The molecule has 0 aliphatic carbocycles. The highest BCUT2D eigenvalue weighted by Gasteiger charge is 2.21. The van der Waals surface area contributed by atoms with E-state index < -0.39 is 11.5 Å². The third kappa shape index (κ3) is 5.05. The van der Waals surface area contributed by atoms with Crippen molar-refractivity contribution in [1.29, 1.82) is 0 Å². The molecule has 1 amide bonds. The summed E-state index contributed by atoms with van der Waals surface area (Å²) in [4.78, 5) is 22.0. The van der Waals surface area contributed by atoms with Crippen LogP contribution in [-0.2, 0) is 16.1 Å². The molecule has 8 nitrogen and oxygen atoms in total. The molecule has 0 aliphatic heterocycles. The number of aliphatic carboxylic acids is 1. The van der Waals surface area contributed by atoms with Crippen LogP contribution in [0.2, 0.25) is 0 Å². The Balaban J connectivity index is 2.41. The van der Waals surface area contributed by atoms with Gasteiger partial charge in [0.05, 0.1) is 0 Å². The van der Waals surface area contributed by atoms with Crippen molar-refractivity contribution in [3.8, 4) is 0 Å². The molecule has 8 heteroatoms. The van der Waals surface area contributed by atoms with Gasteiger partial charge in [0.2, 0.25) is 5.91 Å². The van der Waals surface area contributed by atoms with Gasteiger partial charge in [0.15, 0.2) is 0 Å². The first kappa shape index (κ1) is 13.1. The first-order valence-corrected chi connectivity index (χ1v) is 5.13. The second kappa shape index (κ2) is 5.37. The van der Waals surface area contributed by atoms with Crippen LogP contribution >= 0.6 is 0 Å². The van der Waals surface area contributed by atoms with Gasteiger partial charge in [-0.15, -0.1) is 5.10 Å². The molecule has 0 unspecified atom stereocenters. The number of nitrogens with one attached hydrogen (secondary N) is 1. The summed E-state index contributed by atoms with van der Waals surface area (Å²) in [5, 5.41) is 21.7. The number of nitrogens with zero attached hydrogens (tertiary/aromatic N) is 4. The van der Waals surface area contributed by atoms with Gasteiger partial charge in [0.1, 0.15) is 12.9 Å². The summed E-state index contributed by atoms with van der Waals surface area (Å²) < 4.78 is 1.29. The molecular weight excluding hydrogens is 226 g/mol. The minimum Gasteiger partial charge on any atom is -0.481 e. The molecule has 0 fully saturated rings. The molecule has 0 bridgehead atoms. The van der Waals surface area contributed by atoms with E-state index in [1.165, 1.54) is 11.0 Å². The SMILES string of the molecule is CC(C)(CCC(=O)O)NC(=O)Cn1cnnn1. The molecule has 17 heavy (non-hydrogen) atoms. The van der Waals surface area contributed by atoms with Crippen molar-refractivity contribution in [2.45, 2.75) is 38.8 Å². The minimum absolute atomic E-state index is 0.0121. The largest absolute Gasteiger partial charge is 0.481 e. The number of rotatable bonds is 6. The van der Waals surface area contributed by atoms with Crippen LogP contribution in [0.1, 0.15) is 26.7 Å². The Labute approximate surface area is 98.0 Å². The molecule has 0 aromatic carbocycles. The maximum Gasteiger partial charge on any atom is 0.303 e. The molecule has 1 aromatic heterocycles. The van der Waals surface area contributed by atoms with Crippen LogP contribution in [0.3, 0.4) is 0 Å². The predicted molar refractivity (Wildman–Crippen MR) is 56.9 cm³/mol. The van der Waals surface area contributed by atoms with Crippen LogP contribution in [0.5, 0.6) is 0 Å². The number of carbonyl (C=O) groups is 2. The fourth-order valence-electron chi connectivity index (χ4n) is 1.30. The summed E-state index contributed by atoms with van der Waals surface area (Å²) in [5.41, 5.74) is -0.566. The number of carbonyl (C=O) groups excluding carboxylic acids is 1. The van der Waals surface area contributed by atoms with E-state index >= 15 is 0 Å². The molecule has 2 N–H and O–H groups in total. The van der Waals surface area contributed by atoms with Crippen molar-refractivity contribution in [2.75, 3.05) is 0 Å². The number of hydrogen-bond acceptors (Lipinski definition) is 5. The predicted octanol–water partition coefficient (Wildman–Crippen LogP) is -0.567. The Kier molecular flexibility index (Phi) is 4.13. The lowest BCUT2D eigenvalue weighted by Crippen LogP contribution is -2.45. The number of carboxylic acid groups (broad SMARTS) is 1. The van der Waals surface area contributed by atoms with Gasteiger partial charge in [-0.25, -0.2) is 4.68 Å². The Hall–Kier alpha value is -1.99. The standard InChI is InChI=1S/C9H15N5O3/c1-9(2,4-3-8(16)17)11-7(15)5-14-6-10-12-13-14/h6H,3-5H2,1-2H3,(H,11,15)(H,16,17). The zero-order valence-electron chi connectivity index (χ0n) is 9.75. The monoisotopic (exact) mass is 241 g/mol. The van der Waals surface area contributed by atoms with Crippen molar-refractivity contribution in [2.24, 2.45) is 0 Å². The lowest BCUT2D eigenvalue weighted by atomic mass is 9.98. The van der Waals surface area contributed by atoms with Crippen LogP contribution in [0.4, 0.5) is 0 Å². The Bertz CT molecular complexity index is 387. The van der Waals surface area contributed by atoms with Crippen molar-refractivity contribution >= 4 is 11.9 Å². The van der Waals surface area contributed by atoms with E-state index in [2.05, 4.69) is 20.8 Å². The normalized spacial score (nSPS) is 11.2. The molecule has 0 saturated heterocycles. The molecular formula is C9H15N5O3. The minimum atomic E-state index is -0.882. The van der Waals surface area contributed by atoms with E-state index in [0.29, 0.717) is 6.42 Å². The van der Waals surface area contributed by atoms with Gasteiger partial charge in [0, 0.05) is 12.0 Å². The summed E-state index contributed by atoms with van der Waals surface area (Å²) in [6.07, 6.45) is 1.71. The van der Waals surface area contributed by atoms with E-state index in [4.69, 9.17) is 5.11 Å². The second-order valence-corrected chi connectivity index (χ2v) is 4.33. The Morgan fingerprint density at radius 1 is 1.47 bits per heavy atom. The highest BCUT2D eigenvalue weighted by Crippen LogP contribution is 2.10. The highest BCUT2D eigenvalue weighted by atomic mass is 16.4. The zero-order valence-corrected chi connectivity index (χ0v) is 9.75. The molecule has 0 aliphatic rings. The number of hydrogen-bond donors (Lipinski definition) is 2. The van der Waals surface area contributed by atoms with E-state index in [0.717, 1.165) is 0 Å². The van der Waals surface area contributed by atoms with Gasteiger partial charge in [-0.1, -0.05) is 0 Å². The fraction of sp³-hybridized carbons (Fsp3) is 0.667. The molecule has 0 atom stereocenters. The van der Waals surface area contributed by atoms with E-state index in [1.807, 2.05) is 0 Å². The number of amides is 1. The number of tetrazole rings is 1. The topological polar surface area (TPSA) is 110 Å². The van der Waals surface area contributed by atoms with Gasteiger partial charge in [0.25, 0.3) is 0 Å². The van der Waals surface area contributed by atoms with Crippen molar-refractivity contribution < 1.29 is 14.7 Å². The fourth-order valence-corrected chi connectivity index (χ4v) is 1.30. The summed E-state index contributed by atoms with van der Waals surface area (Å²) in [6, 6.07) is 0. The summed E-state index contributed by atoms with van der Waals surface area (Å²) in [6.45, 7) is 3.56. The van der Waals surface area contributed by atoms with Gasteiger partial charge in [-0.05, 0) is 30.7 Å². The third-order valence-electron chi connectivity index (χ3n) is 2.14. The van der Waals surface area contributed by atoms with Crippen molar-refractivity contribution in [3.63, 3.8) is 0 Å². The smallest absolute Gasteiger partial charge is 0.303 e. The van der Waals surface area contributed by atoms with Gasteiger partial charge in [-0.2, -0.15) is 0 Å². The second-order valence-electron chi connectivity index (χ2n) is 4.33. The zero-order chi connectivity index (χ0) is 12.9. The van der Waals surface area contributed by atoms with E-state index in [-0.39, 0.29) is 18.9 Å². The van der Waals surface area contributed by atoms with Crippen LogP contribution in [0, 0.1) is 0 Å². The summed E-state index contributed by atoms with van der Waals surface area (Å²) >= 11 is 0. The molecule has 0 spiro atoms. The van der Waals surface area contributed by atoms with Crippen molar-refractivity contribution in [3.05, 3.63) is 6.33 Å². The van der Waals surface area contributed by atoms with Crippen LogP contribution < -0.4 is 5.32 Å². The van der Waals surface area contributed by atoms with Crippen molar-refractivity contribution in [1.82, 2.24) is 25.5 Å². The number of aromatic nitrogens is 4. The lowest BCUT2D eigenvalue weighted by Gasteiger charge is -2.25. The van der Waals surface area contributed by atoms with Gasteiger partial charge < -0.3 is 10.4 Å². The van der Waals surface area contributed by atoms with E-state index in [9.17, 15) is 9.59 Å². The van der Waals surface area contributed by atoms with Crippen LogP contribution in [-0.4, -0.2) is 42.7 Å². The third-order valence-corrected chi connectivity index (χ3v) is 2.14. The lowest BCUT2D eigenvalue weighted by molar-refractivity contribution is -0.137. The molecule has 1 aromatic rings. The number of carboxylic acids is 1. The molecule has 94 valence electrons. The van der Waals surface area contributed by atoms with Gasteiger partial charge >= 0.3 is 5.97 Å². The van der Waals surface area contributed by atoms with Crippen LogP contribution in [0.25, 0.3) is 0 Å². The summed E-state index contributed by atoms with van der Waals surface area (Å²) in [7, 11) is 0. The molecule has 0 radical (unpaired) electrons. The first-order chi connectivity index (χ1) is 7.89. The highest BCUT2D eigenvalue weighted by molar-refractivity contribution is 5.76. The van der Waals surface area contributed by atoms with E-state index in [1.54, 1.807) is 13.8 Å². The average molecular weight is 241 g/mol. The molecule has 1 heterocycles. The maximum atomic E-state index is 11.6. The quantitative estimate of drug-likeness (QED) is 0.690. The molecule has 1 rings (SSSR count). The van der Waals surface area contributed by atoms with Gasteiger partial charge in [-0.3, -0.25) is 9.59 Å². The Morgan fingerprint density at radius 2 is 2.18 bits per heavy atom. The summed E-state index contributed by atoms with van der Waals surface area (Å²) in [5.74, 6) is -1.14. The Morgan fingerprint density at radius 3 is 2.71 bits per heavy atom. The maximum absolute atomic E-state index is 11.6. The molecule has 0 saturated carbocycles.